The summed E-state index contributed by atoms with van der Waals surface area (Å²) in [6.07, 6.45) is 4.41. The first-order valence-electron chi connectivity index (χ1n) is 8.78. The van der Waals surface area contributed by atoms with Crippen LogP contribution >= 0.6 is 22.9 Å². The number of hydrogen-bond donors (Lipinski definition) is 2. The average molecular weight is 416 g/mol. The predicted octanol–water partition coefficient (Wildman–Crippen LogP) is 2.78. The Morgan fingerprint density at radius 3 is 2.50 bits per heavy atom. The molecule has 2 amide bonds. The molecule has 2 aromatic rings. The van der Waals surface area contributed by atoms with Crippen LogP contribution in [-0.4, -0.2) is 17.8 Å². The summed E-state index contributed by atoms with van der Waals surface area (Å²) in [5, 5.41) is 19.1. The molecule has 1 aromatic carbocycles. The van der Waals surface area contributed by atoms with Crippen molar-refractivity contribution < 1.29 is 19.5 Å². The molecule has 0 aliphatic heterocycles. The molecule has 2 bridgehead atoms. The summed E-state index contributed by atoms with van der Waals surface area (Å²) in [7, 11) is 0. The second-order valence-electron chi connectivity index (χ2n) is 6.93. The Morgan fingerprint density at radius 1 is 1.07 bits per heavy atom. The largest absolute Gasteiger partial charge is 0.550 e. The maximum absolute atomic E-state index is 12.8. The van der Waals surface area contributed by atoms with Crippen LogP contribution in [-0.2, 0) is 9.59 Å². The van der Waals surface area contributed by atoms with Crippen LogP contribution < -0.4 is 15.7 Å². The van der Waals surface area contributed by atoms with Crippen LogP contribution in [0.15, 0.2) is 47.9 Å². The highest BCUT2D eigenvalue weighted by atomic mass is 35.5. The zero-order valence-electron chi connectivity index (χ0n) is 14.6. The minimum atomic E-state index is -1.20. The molecule has 0 unspecified atom stereocenters. The number of carboxylic acids is 1. The molecule has 1 aromatic heterocycles. The van der Waals surface area contributed by atoms with Crippen LogP contribution in [0.25, 0.3) is 0 Å². The fourth-order valence-corrected chi connectivity index (χ4v) is 4.80. The number of amides is 2. The van der Waals surface area contributed by atoms with Crippen molar-refractivity contribution in [2.45, 2.75) is 6.42 Å². The SMILES string of the molecule is O=C(Nc1cc(NC(=O)[C@@H]2[C@@H](C(=O)[O-])[C@H]3C=C[C@H]2C3)ccc1Cl)c1cccs1. The average Bonchev–Trinajstić information content (AvgIpc) is 3.40. The Kier molecular flexibility index (Phi) is 4.95. The summed E-state index contributed by atoms with van der Waals surface area (Å²) in [6, 6.07) is 8.20. The van der Waals surface area contributed by atoms with E-state index in [1.807, 2.05) is 12.2 Å². The fraction of sp³-hybridized carbons (Fsp3) is 0.250. The zero-order valence-corrected chi connectivity index (χ0v) is 16.1. The monoisotopic (exact) mass is 415 g/mol. The van der Waals surface area contributed by atoms with Gasteiger partial charge in [0.15, 0.2) is 0 Å². The molecule has 1 heterocycles. The van der Waals surface area contributed by atoms with E-state index >= 15 is 0 Å². The minimum absolute atomic E-state index is 0.0989. The lowest BCUT2D eigenvalue weighted by Gasteiger charge is -2.27. The fourth-order valence-electron chi connectivity index (χ4n) is 4.02. The van der Waals surface area contributed by atoms with E-state index in [0.29, 0.717) is 27.7 Å². The van der Waals surface area contributed by atoms with Crippen molar-refractivity contribution in [2.24, 2.45) is 23.7 Å². The smallest absolute Gasteiger partial charge is 0.265 e. The molecule has 144 valence electrons. The van der Waals surface area contributed by atoms with Crippen molar-refractivity contribution in [1.82, 2.24) is 0 Å². The molecule has 4 atom stereocenters. The van der Waals surface area contributed by atoms with Gasteiger partial charge in [0.05, 0.1) is 21.5 Å². The summed E-state index contributed by atoms with van der Waals surface area (Å²) in [5.41, 5.74) is 0.793. The molecular weight excluding hydrogens is 400 g/mol. The van der Waals surface area contributed by atoms with Crippen molar-refractivity contribution in [3.63, 3.8) is 0 Å². The number of nitrogens with one attached hydrogen (secondary N) is 2. The summed E-state index contributed by atoms with van der Waals surface area (Å²) in [6.45, 7) is 0. The van der Waals surface area contributed by atoms with Gasteiger partial charge in [0.25, 0.3) is 5.91 Å². The molecule has 0 saturated heterocycles. The van der Waals surface area contributed by atoms with Crippen LogP contribution in [0.5, 0.6) is 0 Å². The summed E-state index contributed by atoms with van der Waals surface area (Å²) >= 11 is 7.47. The van der Waals surface area contributed by atoms with Gasteiger partial charge in [-0.2, -0.15) is 0 Å². The Bertz CT molecular complexity index is 973. The normalized spacial score (nSPS) is 24.9. The second-order valence-corrected chi connectivity index (χ2v) is 8.29. The second kappa shape index (κ2) is 7.41. The lowest BCUT2D eigenvalue weighted by molar-refractivity contribution is -0.313. The van der Waals surface area contributed by atoms with Crippen molar-refractivity contribution in [3.8, 4) is 0 Å². The van der Waals surface area contributed by atoms with Gasteiger partial charge >= 0.3 is 0 Å². The van der Waals surface area contributed by atoms with Gasteiger partial charge in [0.1, 0.15) is 0 Å². The number of fused-ring (bicyclic) bond motifs is 2. The Balaban J connectivity index is 1.51. The van der Waals surface area contributed by atoms with Crippen LogP contribution in [0, 0.1) is 23.7 Å². The van der Waals surface area contributed by atoms with Crippen molar-refractivity contribution >= 4 is 52.1 Å². The van der Waals surface area contributed by atoms with E-state index in [-0.39, 0.29) is 23.7 Å². The number of allylic oxidation sites excluding steroid dienone is 2. The molecule has 2 N–H and O–H groups in total. The molecule has 8 heteroatoms. The van der Waals surface area contributed by atoms with Crippen LogP contribution in [0.1, 0.15) is 16.1 Å². The number of carboxylic acid groups (broad SMARTS) is 1. The molecule has 0 spiro atoms. The molecular formula is C20H16ClN2O4S-. The van der Waals surface area contributed by atoms with E-state index in [2.05, 4.69) is 10.6 Å². The summed E-state index contributed by atoms with van der Waals surface area (Å²) < 4.78 is 0. The number of halogens is 1. The van der Waals surface area contributed by atoms with Gasteiger partial charge in [0.2, 0.25) is 5.91 Å². The van der Waals surface area contributed by atoms with E-state index in [4.69, 9.17) is 11.6 Å². The number of carbonyl (C=O) groups is 3. The highest BCUT2D eigenvalue weighted by molar-refractivity contribution is 7.12. The lowest BCUT2D eigenvalue weighted by atomic mass is 9.82. The molecule has 1 saturated carbocycles. The van der Waals surface area contributed by atoms with Crippen LogP contribution in [0.2, 0.25) is 5.02 Å². The van der Waals surface area contributed by atoms with Crippen molar-refractivity contribution in [1.29, 1.82) is 0 Å². The molecule has 1 fully saturated rings. The lowest BCUT2D eigenvalue weighted by Crippen LogP contribution is -2.42. The highest BCUT2D eigenvalue weighted by Crippen LogP contribution is 2.48. The quantitative estimate of drug-likeness (QED) is 0.733. The predicted molar refractivity (Wildman–Crippen MR) is 105 cm³/mol. The van der Waals surface area contributed by atoms with E-state index < -0.39 is 17.8 Å². The molecule has 28 heavy (non-hydrogen) atoms. The maximum atomic E-state index is 12.8. The number of thiophene rings is 1. The molecule has 2 aliphatic carbocycles. The van der Waals surface area contributed by atoms with Gasteiger partial charge in [0, 0.05) is 17.6 Å². The van der Waals surface area contributed by atoms with Crippen LogP contribution in [0.3, 0.4) is 0 Å². The maximum Gasteiger partial charge on any atom is 0.265 e. The van der Waals surface area contributed by atoms with Gasteiger partial charge in [-0.1, -0.05) is 29.8 Å². The van der Waals surface area contributed by atoms with Gasteiger partial charge in [-0.05, 0) is 47.9 Å². The van der Waals surface area contributed by atoms with Gasteiger partial charge in [-0.25, -0.2) is 0 Å². The molecule has 4 rings (SSSR count). The minimum Gasteiger partial charge on any atom is -0.550 e. The van der Waals surface area contributed by atoms with E-state index in [0.717, 1.165) is 0 Å². The van der Waals surface area contributed by atoms with E-state index in [1.54, 1.807) is 35.7 Å². The zero-order chi connectivity index (χ0) is 19.8. The third-order valence-corrected chi connectivity index (χ3v) is 6.46. The first-order chi connectivity index (χ1) is 13.4. The van der Waals surface area contributed by atoms with Crippen LogP contribution in [0.4, 0.5) is 11.4 Å². The Labute approximate surface area is 170 Å². The Hall–Kier alpha value is -2.64. The number of hydrogen-bond acceptors (Lipinski definition) is 5. The van der Waals surface area contributed by atoms with Crippen molar-refractivity contribution in [3.05, 3.63) is 57.8 Å². The molecule has 6 nitrogen and oxygen atoms in total. The number of anilines is 2. The third kappa shape index (κ3) is 3.43. The van der Waals surface area contributed by atoms with Gasteiger partial charge in [-0.3, -0.25) is 9.59 Å². The van der Waals surface area contributed by atoms with Gasteiger partial charge < -0.3 is 20.5 Å². The molecule has 0 radical (unpaired) electrons. The molecule has 2 aliphatic rings. The number of rotatable bonds is 5. The Morgan fingerprint density at radius 2 is 1.82 bits per heavy atom. The third-order valence-electron chi connectivity index (χ3n) is 5.26. The standard InChI is InChI=1S/C20H17ClN2O4S/c21-13-6-5-12(9-14(13)23-18(24)15-2-1-7-28-15)22-19(25)16-10-3-4-11(8-10)17(16)20(26)27/h1-7,9-11,16-17H,8H2,(H,22,25)(H,23,24)(H,26,27)/p-1/t10-,11-,16-,17-/m0/s1. The van der Waals surface area contributed by atoms with Gasteiger partial charge in [-0.15, -0.1) is 11.3 Å². The van der Waals surface area contributed by atoms with E-state index in [1.165, 1.54) is 11.3 Å². The summed E-state index contributed by atoms with van der Waals surface area (Å²) in [4.78, 5) is 37.1. The topological polar surface area (TPSA) is 98.3 Å². The number of aliphatic carboxylic acids is 1. The van der Waals surface area contributed by atoms with E-state index in [9.17, 15) is 19.5 Å². The number of benzene rings is 1. The number of carbonyl (C=O) groups excluding carboxylic acids is 3. The van der Waals surface area contributed by atoms with Crippen molar-refractivity contribution in [2.75, 3.05) is 10.6 Å². The summed E-state index contributed by atoms with van der Waals surface area (Å²) in [5.74, 6) is -3.61. The highest BCUT2D eigenvalue weighted by Gasteiger charge is 2.48. The first kappa shape index (κ1) is 18.7. The first-order valence-corrected chi connectivity index (χ1v) is 10.0.